The average molecular weight is 400 g/mol. The van der Waals surface area contributed by atoms with Gasteiger partial charge >= 0.3 is 0 Å². The van der Waals surface area contributed by atoms with Gasteiger partial charge in [-0.25, -0.2) is 0 Å². The van der Waals surface area contributed by atoms with E-state index in [-0.39, 0.29) is 11.0 Å². The summed E-state index contributed by atoms with van der Waals surface area (Å²) in [6.45, 7) is 4.67. The standard InChI is InChI=1S/C24H49NO3/c1-5-7-8-9-10-11-12-13-14-15-16-17-18-19-20-24(28,6-2)22-25(3,4)21-23(26)27/h28H,5-22H2,1-4H3. The molecule has 0 saturated carbocycles. The van der Waals surface area contributed by atoms with Gasteiger partial charge in [0.1, 0.15) is 18.7 Å². The van der Waals surface area contributed by atoms with Gasteiger partial charge in [-0.2, -0.15) is 0 Å². The second kappa shape index (κ2) is 16.2. The number of hydrogen-bond donors (Lipinski definition) is 1. The Hall–Kier alpha value is -0.610. The van der Waals surface area contributed by atoms with Crippen molar-refractivity contribution in [3.8, 4) is 0 Å². The molecule has 0 aliphatic carbocycles. The number of carbonyl (C=O) groups is 1. The molecule has 1 N–H and O–H groups in total. The monoisotopic (exact) mass is 399 g/mol. The molecule has 1 unspecified atom stereocenters. The third-order valence-corrected chi connectivity index (χ3v) is 5.93. The van der Waals surface area contributed by atoms with Crippen LogP contribution in [0.2, 0.25) is 0 Å². The van der Waals surface area contributed by atoms with Crippen molar-refractivity contribution in [1.82, 2.24) is 0 Å². The Balaban J connectivity index is 3.65. The second-order valence-electron chi connectivity index (χ2n) is 9.55. The van der Waals surface area contributed by atoms with Crippen LogP contribution in [-0.4, -0.2) is 48.3 Å². The Kier molecular flexibility index (Phi) is 15.9. The number of carbonyl (C=O) groups excluding carboxylic acids is 1. The number of aliphatic carboxylic acids is 1. The maximum atomic E-state index is 10.9. The summed E-state index contributed by atoms with van der Waals surface area (Å²) in [5.74, 6) is -1.06. The van der Waals surface area contributed by atoms with Gasteiger partial charge in [0.05, 0.1) is 20.1 Å². The summed E-state index contributed by atoms with van der Waals surface area (Å²) in [5, 5.41) is 21.7. The van der Waals surface area contributed by atoms with Crippen molar-refractivity contribution < 1.29 is 19.5 Å². The van der Waals surface area contributed by atoms with Gasteiger partial charge in [0, 0.05) is 0 Å². The lowest BCUT2D eigenvalue weighted by Crippen LogP contribution is -2.55. The van der Waals surface area contributed by atoms with Crippen LogP contribution in [0.5, 0.6) is 0 Å². The summed E-state index contributed by atoms with van der Waals surface area (Å²) < 4.78 is 0.269. The fourth-order valence-electron chi connectivity index (χ4n) is 4.22. The summed E-state index contributed by atoms with van der Waals surface area (Å²) >= 11 is 0. The number of aliphatic hydroxyl groups is 1. The van der Waals surface area contributed by atoms with E-state index in [1.807, 2.05) is 21.0 Å². The number of nitrogens with zero attached hydrogens (tertiary/aromatic N) is 1. The van der Waals surface area contributed by atoms with Crippen molar-refractivity contribution in [1.29, 1.82) is 0 Å². The van der Waals surface area contributed by atoms with Crippen LogP contribution < -0.4 is 5.11 Å². The minimum atomic E-state index is -1.06. The van der Waals surface area contributed by atoms with Crippen molar-refractivity contribution in [2.45, 2.75) is 122 Å². The Morgan fingerprint density at radius 2 is 1.18 bits per heavy atom. The Labute approximate surface area is 175 Å². The number of quaternary nitrogens is 1. The van der Waals surface area contributed by atoms with E-state index in [0.29, 0.717) is 13.0 Å². The van der Waals surface area contributed by atoms with E-state index in [1.165, 1.54) is 77.0 Å². The molecule has 0 spiro atoms. The van der Waals surface area contributed by atoms with Crippen LogP contribution in [0.3, 0.4) is 0 Å². The highest BCUT2D eigenvalue weighted by Crippen LogP contribution is 2.23. The summed E-state index contributed by atoms with van der Waals surface area (Å²) in [6.07, 6.45) is 20.0. The molecule has 28 heavy (non-hydrogen) atoms. The molecule has 0 aliphatic heterocycles. The smallest absolute Gasteiger partial charge is 0.119 e. The first-order valence-electron chi connectivity index (χ1n) is 12.0. The van der Waals surface area contributed by atoms with Crippen LogP contribution in [0.25, 0.3) is 0 Å². The van der Waals surface area contributed by atoms with Crippen molar-refractivity contribution in [3.63, 3.8) is 0 Å². The molecule has 0 aromatic carbocycles. The maximum absolute atomic E-state index is 10.9. The maximum Gasteiger partial charge on any atom is 0.119 e. The first kappa shape index (κ1) is 27.4. The topological polar surface area (TPSA) is 60.4 Å². The lowest BCUT2D eigenvalue weighted by molar-refractivity contribution is -0.891. The van der Waals surface area contributed by atoms with E-state index in [4.69, 9.17) is 0 Å². The summed E-state index contributed by atoms with van der Waals surface area (Å²) in [5.41, 5.74) is -0.768. The number of carboxylic acids is 1. The second-order valence-corrected chi connectivity index (χ2v) is 9.55. The van der Waals surface area contributed by atoms with Gasteiger partial charge in [-0.1, -0.05) is 104 Å². The van der Waals surface area contributed by atoms with Crippen LogP contribution in [0, 0.1) is 0 Å². The zero-order chi connectivity index (χ0) is 21.3. The van der Waals surface area contributed by atoms with Crippen molar-refractivity contribution >= 4 is 5.97 Å². The van der Waals surface area contributed by atoms with Gasteiger partial charge in [-0.15, -0.1) is 0 Å². The van der Waals surface area contributed by atoms with E-state index in [9.17, 15) is 15.0 Å². The summed E-state index contributed by atoms with van der Waals surface area (Å²) in [7, 11) is 3.70. The normalized spacial score (nSPS) is 14.2. The van der Waals surface area contributed by atoms with Crippen LogP contribution in [0.1, 0.15) is 117 Å². The largest absolute Gasteiger partial charge is 0.544 e. The molecule has 0 bridgehead atoms. The van der Waals surface area contributed by atoms with Gasteiger partial charge < -0.3 is 19.5 Å². The molecule has 4 nitrogen and oxygen atoms in total. The highest BCUT2D eigenvalue weighted by Gasteiger charge is 2.33. The zero-order valence-electron chi connectivity index (χ0n) is 19.4. The van der Waals surface area contributed by atoms with Crippen LogP contribution >= 0.6 is 0 Å². The number of carboxylic acid groups (broad SMARTS) is 1. The Bertz CT molecular complexity index is 384. The van der Waals surface area contributed by atoms with Crippen molar-refractivity contribution in [3.05, 3.63) is 0 Å². The van der Waals surface area contributed by atoms with E-state index >= 15 is 0 Å². The molecular weight excluding hydrogens is 350 g/mol. The Morgan fingerprint density at radius 1 is 0.786 bits per heavy atom. The third kappa shape index (κ3) is 16.4. The lowest BCUT2D eigenvalue weighted by Gasteiger charge is -2.38. The van der Waals surface area contributed by atoms with Gasteiger partial charge in [0.15, 0.2) is 0 Å². The highest BCUT2D eigenvalue weighted by atomic mass is 16.4. The van der Waals surface area contributed by atoms with Gasteiger partial charge in [0.2, 0.25) is 0 Å². The van der Waals surface area contributed by atoms with E-state index < -0.39 is 11.6 Å². The molecule has 1 atom stereocenters. The highest BCUT2D eigenvalue weighted by molar-refractivity contribution is 5.65. The third-order valence-electron chi connectivity index (χ3n) is 5.93. The first-order chi connectivity index (χ1) is 13.2. The zero-order valence-corrected chi connectivity index (χ0v) is 19.4. The van der Waals surface area contributed by atoms with Gasteiger partial charge in [0.25, 0.3) is 0 Å². The molecule has 0 fully saturated rings. The van der Waals surface area contributed by atoms with Crippen molar-refractivity contribution in [2.75, 3.05) is 27.2 Å². The minimum Gasteiger partial charge on any atom is -0.544 e. The van der Waals surface area contributed by atoms with Crippen LogP contribution in [-0.2, 0) is 4.79 Å². The minimum absolute atomic E-state index is 0.0545. The van der Waals surface area contributed by atoms with Crippen molar-refractivity contribution in [2.24, 2.45) is 0 Å². The van der Waals surface area contributed by atoms with Crippen LogP contribution in [0.4, 0.5) is 0 Å². The molecule has 0 radical (unpaired) electrons. The predicted molar refractivity (Wildman–Crippen MR) is 117 cm³/mol. The molecule has 0 saturated heterocycles. The molecular formula is C24H49NO3. The number of likely N-dealkylation sites (N-methyl/N-ethyl adjacent to an activating group) is 1. The summed E-state index contributed by atoms with van der Waals surface area (Å²) in [6, 6.07) is 0. The molecule has 0 amide bonds. The fraction of sp³-hybridized carbons (Fsp3) is 0.958. The van der Waals surface area contributed by atoms with E-state index in [1.54, 1.807) is 0 Å². The fourth-order valence-corrected chi connectivity index (χ4v) is 4.22. The number of unbranched alkanes of at least 4 members (excludes halogenated alkanes) is 13. The number of rotatable bonds is 20. The van der Waals surface area contributed by atoms with Crippen LogP contribution in [0.15, 0.2) is 0 Å². The first-order valence-corrected chi connectivity index (χ1v) is 12.0. The Morgan fingerprint density at radius 3 is 1.54 bits per heavy atom. The molecule has 0 rings (SSSR count). The molecule has 0 aromatic rings. The molecule has 4 heteroatoms. The van der Waals surface area contributed by atoms with E-state index in [2.05, 4.69) is 6.92 Å². The van der Waals surface area contributed by atoms with Gasteiger partial charge in [-0.3, -0.25) is 0 Å². The predicted octanol–water partition coefficient (Wildman–Crippen LogP) is 4.83. The molecule has 0 heterocycles. The molecule has 0 aromatic heterocycles. The SMILES string of the molecule is CCCCCCCCCCCCCCCCC(O)(CC)C[N+](C)(C)CC(=O)[O-]. The average Bonchev–Trinajstić information content (AvgIpc) is 2.60. The number of hydrogen-bond acceptors (Lipinski definition) is 3. The molecule has 0 aliphatic rings. The van der Waals surface area contributed by atoms with Gasteiger partial charge in [-0.05, 0) is 12.8 Å². The lowest BCUT2D eigenvalue weighted by atomic mass is 9.91. The quantitative estimate of drug-likeness (QED) is 0.236. The van der Waals surface area contributed by atoms with E-state index in [0.717, 1.165) is 19.3 Å². The molecule has 168 valence electrons. The summed E-state index contributed by atoms with van der Waals surface area (Å²) in [4.78, 5) is 10.9.